The lowest BCUT2D eigenvalue weighted by Crippen LogP contribution is -2.70. The molecule has 3 amide bonds. The maximum absolute atomic E-state index is 13.9. The molecule has 14 nitrogen and oxygen atoms in total. The minimum atomic E-state index is -1.14. The van der Waals surface area contributed by atoms with Crippen molar-refractivity contribution in [3.05, 3.63) is 77.2 Å². The number of carbonyl (C=O) groups excluding carboxylic acids is 4. The van der Waals surface area contributed by atoms with Crippen LogP contribution in [0.1, 0.15) is 21.3 Å². The van der Waals surface area contributed by atoms with Crippen LogP contribution in [0, 0.1) is 0 Å². The molecule has 2 aliphatic heterocycles. The van der Waals surface area contributed by atoms with Crippen molar-refractivity contribution in [2.24, 2.45) is 5.16 Å². The molecule has 1 aromatic carbocycles. The number of thioether (sulfide) groups is 2. The smallest absolute Gasteiger partial charge is 0.357 e. The highest BCUT2D eigenvalue weighted by Crippen LogP contribution is 2.48. The lowest BCUT2D eigenvalue weighted by molar-refractivity contribution is -0.155. The van der Waals surface area contributed by atoms with Crippen molar-refractivity contribution >= 4 is 75.6 Å². The molecule has 0 saturated carbocycles. The molecule has 3 aromatic rings. The van der Waals surface area contributed by atoms with Crippen molar-refractivity contribution in [3.63, 3.8) is 0 Å². The Labute approximate surface area is 263 Å². The summed E-state index contributed by atoms with van der Waals surface area (Å²) in [6.07, 6.45) is 5.62. The second kappa shape index (κ2) is 13.4. The van der Waals surface area contributed by atoms with Crippen molar-refractivity contribution in [1.82, 2.24) is 25.1 Å². The fraction of sp³-hybridized carbons (Fsp3) is 0.222. The highest BCUT2D eigenvalue weighted by atomic mass is 32.2. The summed E-state index contributed by atoms with van der Waals surface area (Å²) in [6, 6.07) is 8.81. The van der Waals surface area contributed by atoms with Crippen LogP contribution < -0.4 is 16.8 Å². The first-order chi connectivity index (χ1) is 21.2. The number of hydrogen-bond donors (Lipinski definition) is 3. The second-order valence-electron chi connectivity index (χ2n) is 9.27. The van der Waals surface area contributed by atoms with Crippen LogP contribution >= 0.6 is 34.9 Å². The van der Waals surface area contributed by atoms with Crippen LogP contribution in [-0.4, -0.2) is 80.8 Å². The molecule has 2 aliphatic rings. The monoisotopic (exact) mass is 654 g/mol. The van der Waals surface area contributed by atoms with E-state index < -0.39 is 45.9 Å². The maximum atomic E-state index is 13.9. The number of oxime groups is 1. The Balaban J connectivity index is 1.43. The van der Waals surface area contributed by atoms with Gasteiger partial charge in [-0.3, -0.25) is 29.2 Å². The number of carbonyl (C=O) groups is 4. The molecule has 228 valence electrons. The number of fused-ring (bicyclic) bond motifs is 1. The third kappa shape index (κ3) is 6.63. The summed E-state index contributed by atoms with van der Waals surface area (Å²) in [5, 5.41) is 6.95. The van der Waals surface area contributed by atoms with E-state index in [-0.39, 0.29) is 5.70 Å². The van der Waals surface area contributed by atoms with Crippen molar-refractivity contribution in [1.29, 1.82) is 0 Å². The molecule has 3 unspecified atom stereocenters. The molecular weight excluding hydrogens is 629 g/mol. The number of esters is 1. The fourth-order valence-corrected chi connectivity index (χ4v) is 7.28. The van der Waals surface area contributed by atoms with Gasteiger partial charge in [-0.15, -0.1) is 23.1 Å². The average molecular weight is 655 g/mol. The predicted octanol–water partition coefficient (Wildman–Crippen LogP) is 2.05. The van der Waals surface area contributed by atoms with Crippen LogP contribution in [0.4, 0.5) is 10.8 Å². The maximum Gasteiger partial charge on any atom is 0.357 e. The summed E-state index contributed by atoms with van der Waals surface area (Å²) in [6.45, 7) is 0. The standard InChI is InChI=1S/C27H26N8O6S3/c1-34(22(37)14-3-5-15(28)6-4-14)27(43-16-7-9-30-10-8-16)41-25(39)18-11-19(17-13-42-26(29)32-17)44-24-21(23(38)35(18)24)33-20(36)12-31-40-2/h3-13,19,21,24,27H,28H2,1-2H3,(H2,29,32)(H,33,36)/b31-12-/t19?,21?,24-,27?/m0/s1. The number of nitrogens with two attached hydrogens (primary N) is 2. The van der Waals surface area contributed by atoms with Crippen molar-refractivity contribution < 1.29 is 28.8 Å². The lowest BCUT2D eigenvalue weighted by atomic mass is 10.0. The van der Waals surface area contributed by atoms with Crippen molar-refractivity contribution in [2.75, 3.05) is 25.6 Å². The van der Waals surface area contributed by atoms with Gasteiger partial charge in [0.15, 0.2) is 5.13 Å². The molecule has 2 aromatic heterocycles. The molecule has 0 aliphatic carbocycles. The Morgan fingerprint density at radius 2 is 1.91 bits per heavy atom. The molecule has 1 fully saturated rings. The van der Waals surface area contributed by atoms with E-state index in [4.69, 9.17) is 16.2 Å². The van der Waals surface area contributed by atoms with Crippen LogP contribution in [0.25, 0.3) is 0 Å². The molecule has 1 saturated heterocycles. The van der Waals surface area contributed by atoms with Gasteiger partial charge >= 0.3 is 5.97 Å². The van der Waals surface area contributed by atoms with Gasteiger partial charge in [0.2, 0.25) is 5.56 Å². The number of ether oxygens (including phenoxy) is 1. The van der Waals surface area contributed by atoms with Gasteiger partial charge in [0, 0.05) is 41.0 Å². The number of nitrogen functional groups attached to an aromatic ring is 2. The van der Waals surface area contributed by atoms with E-state index in [2.05, 4.69) is 25.3 Å². The number of rotatable bonds is 10. The first kappa shape index (κ1) is 30.8. The Morgan fingerprint density at radius 1 is 1.18 bits per heavy atom. The average Bonchev–Trinajstić information content (AvgIpc) is 3.47. The number of thiazole rings is 1. The van der Waals surface area contributed by atoms with Crippen LogP contribution in [0.5, 0.6) is 0 Å². The molecule has 17 heteroatoms. The van der Waals surface area contributed by atoms with E-state index in [1.807, 2.05) is 0 Å². The largest absolute Gasteiger partial charge is 0.427 e. The van der Waals surface area contributed by atoms with Gasteiger partial charge in [-0.2, -0.15) is 0 Å². The van der Waals surface area contributed by atoms with E-state index in [9.17, 15) is 19.2 Å². The van der Waals surface area contributed by atoms with Gasteiger partial charge in [0.1, 0.15) is 30.4 Å². The molecule has 0 radical (unpaired) electrons. The number of nitrogens with zero attached hydrogens (tertiary/aromatic N) is 5. The first-order valence-corrected chi connectivity index (χ1v) is 15.5. The van der Waals surface area contributed by atoms with Crippen LogP contribution in [0.15, 0.2) is 76.0 Å². The third-order valence-electron chi connectivity index (χ3n) is 6.40. The van der Waals surface area contributed by atoms with E-state index in [0.29, 0.717) is 27.0 Å². The SMILES string of the molecule is CO/N=C\C(=O)NC1C(=O)N2C(C(=O)OC(Sc3ccncc3)N(C)C(=O)c3ccc(N)cc3)=CC(c3csc(N)n3)S[C@@H]12. The number of hydrogen-bond acceptors (Lipinski definition) is 14. The summed E-state index contributed by atoms with van der Waals surface area (Å²) in [4.78, 5) is 68.9. The van der Waals surface area contributed by atoms with Gasteiger partial charge < -0.3 is 26.4 Å². The third-order valence-corrected chi connectivity index (χ3v) is 9.68. The number of β-lactam (4-membered cyclic amide) rings is 1. The van der Waals surface area contributed by atoms with Gasteiger partial charge in [-0.05, 0) is 42.5 Å². The number of anilines is 2. The van der Waals surface area contributed by atoms with Crippen LogP contribution in [0.3, 0.4) is 0 Å². The highest BCUT2D eigenvalue weighted by Gasteiger charge is 2.55. The fourth-order valence-electron chi connectivity index (χ4n) is 4.24. The number of aromatic nitrogens is 2. The quantitative estimate of drug-likeness (QED) is 0.0548. The summed E-state index contributed by atoms with van der Waals surface area (Å²) in [5.74, 6) is -2.45. The topological polar surface area (TPSA) is 195 Å². The molecule has 4 atom stereocenters. The Hall–Kier alpha value is -4.61. The van der Waals surface area contributed by atoms with Gasteiger partial charge in [-0.25, -0.2) is 9.78 Å². The van der Waals surface area contributed by atoms with E-state index in [0.717, 1.165) is 18.0 Å². The van der Waals surface area contributed by atoms with Gasteiger partial charge in [-0.1, -0.05) is 16.9 Å². The summed E-state index contributed by atoms with van der Waals surface area (Å²) in [7, 11) is 2.78. The number of pyridine rings is 1. The van der Waals surface area contributed by atoms with E-state index in [1.54, 1.807) is 60.2 Å². The Morgan fingerprint density at radius 3 is 2.57 bits per heavy atom. The molecule has 5 rings (SSSR count). The number of benzene rings is 1. The number of amides is 3. The van der Waals surface area contributed by atoms with Gasteiger partial charge in [0.05, 0.1) is 10.9 Å². The molecule has 44 heavy (non-hydrogen) atoms. The van der Waals surface area contributed by atoms with Crippen LogP contribution in [0.2, 0.25) is 0 Å². The van der Waals surface area contributed by atoms with E-state index >= 15 is 0 Å². The normalized spacial score (nSPS) is 19.8. The highest BCUT2D eigenvalue weighted by molar-refractivity contribution is 8.00. The predicted molar refractivity (Wildman–Crippen MR) is 166 cm³/mol. The van der Waals surface area contributed by atoms with Crippen molar-refractivity contribution in [2.45, 2.75) is 27.1 Å². The minimum Gasteiger partial charge on any atom is -0.427 e. The molecule has 4 heterocycles. The molecule has 0 bridgehead atoms. The van der Waals surface area contributed by atoms with Gasteiger partial charge in [0.25, 0.3) is 17.7 Å². The zero-order chi connectivity index (χ0) is 31.4. The lowest BCUT2D eigenvalue weighted by Gasteiger charge is -2.49. The zero-order valence-electron chi connectivity index (χ0n) is 23.2. The minimum absolute atomic E-state index is 0.0555. The first-order valence-electron chi connectivity index (χ1n) is 12.8. The summed E-state index contributed by atoms with van der Waals surface area (Å²) < 4.78 is 5.93. The summed E-state index contributed by atoms with van der Waals surface area (Å²) >= 11 is 3.65. The summed E-state index contributed by atoms with van der Waals surface area (Å²) in [5.41, 5.74) is 11.8. The second-order valence-corrected chi connectivity index (χ2v) is 12.5. The zero-order valence-corrected chi connectivity index (χ0v) is 25.7. The molecular formula is C27H26N8O6S3. The van der Waals surface area contributed by atoms with E-state index in [1.165, 1.54) is 47.1 Å². The molecule has 0 spiro atoms. The Bertz CT molecular complexity index is 1620. The Kier molecular flexibility index (Phi) is 9.36. The van der Waals surface area contributed by atoms with Crippen LogP contribution in [-0.2, 0) is 24.0 Å². The van der Waals surface area contributed by atoms with Crippen molar-refractivity contribution in [3.8, 4) is 0 Å². The molecule has 5 N–H and O–H groups in total. The number of nitrogens with one attached hydrogen (secondary N) is 1.